The van der Waals surface area contributed by atoms with Crippen LogP contribution < -0.4 is 0 Å². The van der Waals surface area contributed by atoms with Crippen LogP contribution in [0.15, 0.2) is 23.7 Å². The van der Waals surface area contributed by atoms with Crippen molar-refractivity contribution < 1.29 is 108 Å². The van der Waals surface area contributed by atoms with Gasteiger partial charge < -0.3 is 10.2 Å². The summed E-state index contributed by atoms with van der Waals surface area (Å²) in [4.78, 5) is 21.9. The molecule has 0 aliphatic heterocycles. The molecule has 0 aromatic carbocycles. The van der Waals surface area contributed by atoms with Crippen LogP contribution in [0.5, 0.6) is 0 Å². The van der Waals surface area contributed by atoms with E-state index in [-0.39, 0.29) is 29.2 Å². The Morgan fingerprint density at radius 3 is 0.854 bits per heavy atom. The second-order valence-corrected chi connectivity index (χ2v) is 9.57. The number of alkyl halides is 14. The number of hydrogen-bond acceptors (Lipinski definition) is 6. The summed E-state index contributed by atoms with van der Waals surface area (Å²) in [5.74, 6) is -19.0. The molecule has 0 bridgehead atoms. The molecular weight excluding hydrogens is 666 g/mol. The smallest absolute Gasteiger partial charge is 0.512 e. The largest absolute Gasteiger partial charge is 0.527 e. The van der Waals surface area contributed by atoms with Crippen LogP contribution in [0.2, 0.25) is 0 Å². The number of ketones is 2. The maximum absolute atomic E-state index is 13.0. The summed E-state index contributed by atoms with van der Waals surface area (Å²) in [5.41, 5.74) is -2.46. The van der Waals surface area contributed by atoms with Gasteiger partial charge in [-0.15, -0.1) is 26.3 Å². The van der Waals surface area contributed by atoms with E-state index in [1.165, 1.54) is 41.5 Å². The first-order valence-electron chi connectivity index (χ1n) is 9.97. The standard InChI is InChI=1S/2C10H11F7O3.Cu/c2*1-7(2,3)5(18)4-6(19)8(11,12)9(13,14)20-10(15,16)17;/h2*4,18H,1-3H3;/b2*5-4-;. The quantitative estimate of drug-likeness (QED) is 0.118. The molecule has 0 saturated carbocycles. The van der Waals surface area contributed by atoms with Gasteiger partial charge in [0.05, 0.1) is 0 Å². The SMILES string of the molecule is CC(C)(C)/C(O)=C/C(=O)C(F)(F)C(F)(F)OC(F)(F)F.CC(C)(C)/C(O)=C/C(=O)C(F)(F)C(F)(F)OC(F)(F)F.[Cu]. The summed E-state index contributed by atoms with van der Waals surface area (Å²) in [5, 5.41) is 18.4. The van der Waals surface area contributed by atoms with Crippen LogP contribution >= 0.6 is 0 Å². The second kappa shape index (κ2) is 13.5. The molecule has 1 radical (unpaired) electrons. The van der Waals surface area contributed by atoms with Crippen LogP contribution in [-0.4, -0.2) is 58.6 Å². The van der Waals surface area contributed by atoms with Gasteiger partial charge in [0.2, 0.25) is 11.6 Å². The molecule has 41 heavy (non-hydrogen) atoms. The zero-order valence-corrected chi connectivity index (χ0v) is 22.2. The predicted octanol–water partition coefficient (Wildman–Crippen LogP) is 7.61. The molecule has 6 nitrogen and oxygen atoms in total. The van der Waals surface area contributed by atoms with Gasteiger partial charge in [-0.3, -0.25) is 9.59 Å². The third-order valence-corrected chi connectivity index (χ3v) is 3.91. The average Bonchev–Trinajstić information content (AvgIpc) is 2.62. The van der Waals surface area contributed by atoms with Crippen molar-refractivity contribution in [2.24, 2.45) is 10.8 Å². The monoisotopic (exact) mass is 687 g/mol. The van der Waals surface area contributed by atoms with Crippen LogP contribution in [0.4, 0.5) is 61.5 Å². The number of carbonyl (C=O) groups is 2. The van der Waals surface area contributed by atoms with Crippen LogP contribution in [0.25, 0.3) is 0 Å². The van der Waals surface area contributed by atoms with Crippen LogP contribution in [-0.2, 0) is 36.1 Å². The minimum atomic E-state index is -6.10. The second-order valence-electron chi connectivity index (χ2n) is 9.57. The van der Waals surface area contributed by atoms with E-state index in [0.29, 0.717) is 0 Å². The number of hydrogen-bond donors (Lipinski definition) is 2. The third kappa shape index (κ3) is 13.6. The molecule has 0 amide bonds. The van der Waals surface area contributed by atoms with E-state index >= 15 is 0 Å². The van der Waals surface area contributed by atoms with Crippen molar-refractivity contribution in [1.29, 1.82) is 0 Å². The molecular formula is C20H22CuF14O6. The summed E-state index contributed by atoms with van der Waals surface area (Å²) in [6.45, 7) is 7.55. The average molecular weight is 688 g/mol. The summed E-state index contributed by atoms with van der Waals surface area (Å²) >= 11 is 0. The van der Waals surface area contributed by atoms with E-state index in [4.69, 9.17) is 0 Å². The van der Waals surface area contributed by atoms with E-state index in [1.54, 1.807) is 0 Å². The number of aliphatic hydroxyl groups is 2. The van der Waals surface area contributed by atoms with Gasteiger partial charge in [0.15, 0.2) is 0 Å². The third-order valence-electron chi connectivity index (χ3n) is 3.91. The first-order chi connectivity index (χ1) is 17.0. The summed E-state index contributed by atoms with van der Waals surface area (Å²) < 4.78 is 176. The maximum Gasteiger partial charge on any atom is 0.527 e. The maximum atomic E-state index is 13.0. The normalized spacial score (nSPS) is 15.0. The van der Waals surface area contributed by atoms with Gasteiger partial charge in [0, 0.05) is 40.1 Å². The van der Waals surface area contributed by atoms with Crippen LogP contribution in [0.1, 0.15) is 41.5 Å². The molecule has 0 aromatic rings. The van der Waals surface area contributed by atoms with E-state index in [0.717, 1.165) is 0 Å². The molecule has 0 saturated heterocycles. The van der Waals surface area contributed by atoms with Gasteiger partial charge in [-0.2, -0.15) is 35.1 Å². The molecule has 247 valence electrons. The van der Waals surface area contributed by atoms with Crippen molar-refractivity contribution in [3.8, 4) is 0 Å². The summed E-state index contributed by atoms with van der Waals surface area (Å²) in [6, 6.07) is 0. The van der Waals surface area contributed by atoms with Crippen molar-refractivity contribution in [1.82, 2.24) is 0 Å². The molecule has 0 heterocycles. The molecule has 0 aliphatic rings. The Morgan fingerprint density at radius 1 is 0.512 bits per heavy atom. The van der Waals surface area contributed by atoms with Gasteiger partial charge in [0.25, 0.3) is 0 Å². The minimum Gasteiger partial charge on any atom is -0.512 e. The van der Waals surface area contributed by atoms with Crippen molar-refractivity contribution in [2.45, 2.75) is 78.3 Å². The minimum absolute atomic E-state index is 0. The van der Waals surface area contributed by atoms with Crippen molar-refractivity contribution in [3.05, 3.63) is 23.7 Å². The summed E-state index contributed by atoms with van der Waals surface area (Å²) in [7, 11) is 0. The Bertz CT molecular complexity index is 893. The van der Waals surface area contributed by atoms with Crippen molar-refractivity contribution >= 4 is 11.6 Å². The molecule has 0 spiro atoms. The molecule has 0 aliphatic carbocycles. The molecule has 2 N–H and O–H groups in total. The molecule has 0 unspecified atom stereocenters. The Kier molecular flexibility index (Phi) is 14.2. The number of rotatable bonds is 8. The van der Waals surface area contributed by atoms with Gasteiger partial charge in [-0.05, 0) is 0 Å². The molecule has 0 atom stereocenters. The fourth-order valence-corrected chi connectivity index (χ4v) is 1.57. The fraction of sp³-hybridized carbons (Fsp3) is 0.700. The molecule has 21 heteroatoms. The fourth-order valence-electron chi connectivity index (χ4n) is 1.57. The number of halogens is 14. The van der Waals surface area contributed by atoms with Gasteiger partial charge in [-0.25, -0.2) is 9.47 Å². The predicted molar refractivity (Wildman–Crippen MR) is 104 cm³/mol. The first kappa shape index (κ1) is 43.3. The first-order valence-corrected chi connectivity index (χ1v) is 9.97. The van der Waals surface area contributed by atoms with Gasteiger partial charge in [0.1, 0.15) is 11.5 Å². The number of ether oxygens (including phenoxy) is 2. The number of aliphatic hydroxyl groups excluding tert-OH is 2. The number of allylic oxidation sites excluding steroid dienone is 4. The zero-order chi connectivity index (χ0) is 33.1. The Balaban J connectivity index is -0.000000688. The van der Waals surface area contributed by atoms with E-state index in [2.05, 4.69) is 0 Å². The topological polar surface area (TPSA) is 93.1 Å². The Morgan fingerprint density at radius 2 is 0.707 bits per heavy atom. The van der Waals surface area contributed by atoms with Gasteiger partial charge >= 0.3 is 36.8 Å². The van der Waals surface area contributed by atoms with Crippen LogP contribution in [0.3, 0.4) is 0 Å². The van der Waals surface area contributed by atoms with Crippen LogP contribution in [0, 0.1) is 10.8 Å². The van der Waals surface area contributed by atoms with E-state index in [1.807, 2.05) is 9.47 Å². The Labute approximate surface area is 232 Å². The van der Waals surface area contributed by atoms with Gasteiger partial charge in [-0.1, -0.05) is 41.5 Å². The van der Waals surface area contributed by atoms with E-state index < -0.39 is 70.7 Å². The van der Waals surface area contributed by atoms with Crippen molar-refractivity contribution in [3.63, 3.8) is 0 Å². The molecule has 0 fully saturated rings. The Hall–Kier alpha value is -2.12. The summed E-state index contributed by atoms with van der Waals surface area (Å²) in [6.07, 6.45) is -24.8. The molecule has 0 rings (SSSR count). The number of carbonyl (C=O) groups excluding carboxylic acids is 2. The van der Waals surface area contributed by atoms with Crippen molar-refractivity contribution in [2.75, 3.05) is 0 Å². The van der Waals surface area contributed by atoms with E-state index in [9.17, 15) is 81.3 Å². The zero-order valence-electron chi connectivity index (χ0n) is 21.3. The molecule has 0 aromatic heterocycles.